The van der Waals surface area contributed by atoms with Crippen molar-refractivity contribution in [3.63, 3.8) is 0 Å². The number of nitrogens with one attached hydrogen (secondary N) is 1. The molecule has 1 saturated heterocycles. The molecule has 0 bridgehead atoms. The predicted molar refractivity (Wildman–Crippen MR) is 42.4 cm³/mol. The fraction of sp³-hybridized carbons (Fsp3) is 0.875. The second kappa shape index (κ2) is 3.72. The summed E-state index contributed by atoms with van der Waals surface area (Å²) in [6.07, 6.45) is 2.74. The molecule has 0 radical (unpaired) electrons. The van der Waals surface area contributed by atoms with Crippen LogP contribution in [0.1, 0.15) is 26.2 Å². The largest absolute Gasteiger partial charge is 0.481 e. The molecule has 0 aromatic heterocycles. The maximum Gasteiger partial charge on any atom is 0.308 e. The molecule has 1 aliphatic heterocycles. The van der Waals surface area contributed by atoms with Crippen LogP contribution in [-0.2, 0) is 4.79 Å². The van der Waals surface area contributed by atoms with Crippen LogP contribution < -0.4 is 5.32 Å². The van der Waals surface area contributed by atoms with Gasteiger partial charge in [0.15, 0.2) is 0 Å². The third-order valence-corrected chi connectivity index (χ3v) is 2.34. The van der Waals surface area contributed by atoms with E-state index in [-0.39, 0.29) is 12.0 Å². The van der Waals surface area contributed by atoms with Crippen molar-refractivity contribution in [1.82, 2.24) is 5.32 Å². The Kier molecular flexibility index (Phi) is 2.88. The lowest BCUT2D eigenvalue weighted by Gasteiger charge is -2.28. The first kappa shape index (κ1) is 8.53. The second-order valence-corrected chi connectivity index (χ2v) is 3.06. The molecule has 0 amide bonds. The topological polar surface area (TPSA) is 49.3 Å². The van der Waals surface area contributed by atoms with Crippen LogP contribution in [-0.4, -0.2) is 23.7 Å². The van der Waals surface area contributed by atoms with Crippen molar-refractivity contribution >= 4 is 5.97 Å². The second-order valence-electron chi connectivity index (χ2n) is 3.06. The highest BCUT2D eigenvalue weighted by atomic mass is 16.4. The fourth-order valence-corrected chi connectivity index (χ4v) is 1.68. The van der Waals surface area contributed by atoms with E-state index in [1.165, 1.54) is 0 Å². The molecule has 1 fully saturated rings. The fourth-order valence-electron chi connectivity index (χ4n) is 1.68. The summed E-state index contributed by atoms with van der Waals surface area (Å²) in [5.74, 6) is -0.808. The van der Waals surface area contributed by atoms with Crippen molar-refractivity contribution in [3.05, 3.63) is 0 Å². The Bertz CT molecular complexity index is 147. The van der Waals surface area contributed by atoms with Crippen LogP contribution in [0.2, 0.25) is 0 Å². The minimum absolute atomic E-state index is 0.159. The van der Waals surface area contributed by atoms with E-state index in [1.807, 2.05) is 6.92 Å². The Morgan fingerprint density at radius 1 is 1.73 bits per heavy atom. The van der Waals surface area contributed by atoms with E-state index in [9.17, 15) is 4.79 Å². The van der Waals surface area contributed by atoms with Crippen molar-refractivity contribution in [2.24, 2.45) is 5.92 Å². The van der Waals surface area contributed by atoms with Crippen molar-refractivity contribution in [3.8, 4) is 0 Å². The van der Waals surface area contributed by atoms with Gasteiger partial charge in [-0.15, -0.1) is 0 Å². The van der Waals surface area contributed by atoms with Gasteiger partial charge < -0.3 is 10.4 Å². The van der Waals surface area contributed by atoms with Crippen LogP contribution in [0.4, 0.5) is 0 Å². The van der Waals surface area contributed by atoms with Gasteiger partial charge in [0.2, 0.25) is 0 Å². The summed E-state index contributed by atoms with van der Waals surface area (Å²) in [5, 5.41) is 12.0. The smallest absolute Gasteiger partial charge is 0.308 e. The van der Waals surface area contributed by atoms with Crippen LogP contribution in [0.3, 0.4) is 0 Å². The summed E-state index contributed by atoms with van der Waals surface area (Å²) in [7, 11) is 0. The van der Waals surface area contributed by atoms with Gasteiger partial charge in [-0.05, 0) is 25.8 Å². The quantitative estimate of drug-likeness (QED) is 0.624. The molecule has 0 spiro atoms. The first-order valence-corrected chi connectivity index (χ1v) is 4.22. The highest BCUT2D eigenvalue weighted by molar-refractivity contribution is 5.71. The predicted octanol–water partition coefficient (Wildman–Crippen LogP) is 0.849. The first-order valence-electron chi connectivity index (χ1n) is 4.22. The van der Waals surface area contributed by atoms with Crippen molar-refractivity contribution < 1.29 is 9.90 Å². The summed E-state index contributed by atoms with van der Waals surface area (Å²) in [4.78, 5) is 10.7. The summed E-state index contributed by atoms with van der Waals surface area (Å²) >= 11 is 0. The number of rotatable bonds is 2. The van der Waals surface area contributed by atoms with E-state index < -0.39 is 5.97 Å². The molecule has 3 heteroatoms. The van der Waals surface area contributed by atoms with Gasteiger partial charge in [-0.2, -0.15) is 0 Å². The minimum Gasteiger partial charge on any atom is -0.481 e. The number of aliphatic carboxylic acids is 1. The molecule has 2 atom stereocenters. The Morgan fingerprint density at radius 2 is 2.45 bits per heavy atom. The average Bonchev–Trinajstić information content (AvgIpc) is 2.04. The van der Waals surface area contributed by atoms with Crippen molar-refractivity contribution in [2.75, 3.05) is 6.54 Å². The third-order valence-electron chi connectivity index (χ3n) is 2.34. The Balaban J connectivity index is 2.51. The lowest BCUT2D eigenvalue weighted by Crippen LogP contribution is -2.44. The van der Waals surface area contributed by atoms with Gasteiger partial charge in [0.1, 0.15) is 0 Å². The van der Waals surface area contributed by atoms with Gasteiger partial charge in [0.25, 0.3) is 0 Å². The highest BCUT2D eigenvalue weighted by Crippen LogP contribution is 2.18. The maximum atomic E-state index is 10.7. The standard InChI is InChI=1S/C8H15NO2/c1-2-7-6(8(10)11)4-3-5-9-7/h6-7,9H,2-5H2,1H3,(H,10,11). The zero-order valence-electron chi connectivity index (χ0n) is 6.84. The molecule has 11 heavy (non-hydrogen) atoms. The highest BCUT2D eigenvalue weighted by Gasteiger charge is 2.28. The van der Waals surface area contributed by atoms with E-state index in [2.05, 4.69) is 5.32 Å². The molecule has 2 unspecified atom stereocenters. The number of carboxylic acids is 1. The molecular weight excluding hydrogens is 142 g/mol. The Hall–Kier alpha value is -0.570. The zero-order valence-corrected chi connectivity index (χ0v) is 6.84. The molecule has 0 aliphatic carbocycles. The third kappa shape index (κ3) is 1.93. The normalized spacial score (nSPS) is 31.7. The molecule has 0 saturated carbocycles. The van der Waals surface area contributed by atoms with Gasteiger partial charge >= 0.3 is 5.97 Å². The van der Waals surface area contributed by atoms with Gasteiger partial charge in [0, 0.05) is 6.04 Å². The monoisotopic (exact) mass is 157 g/mol. The molecule has 1 aliphatic rings. The van der Waals surface area contributed by atoms with E-state index >= 15 is 0 Å². The van der Waals surface area contributed by atoms with Gasteiger partial charge in [-0.1, -0.05) is 6.92 Å². The molecule has 64 valence electrons. The molecule has 2 N–H and O–H groups in total. The van der Waals surface area contributed by atoms with Crippen LogP contribution in [0.5, 0.6) is 0 Å². The summed E-state index contributed by atoms with van der Waals surface area (Å²) in [5.41, 5.74) is 0. The van der Waals surface area contributed by atoms with Gasteiger partial charge in [-0.3, -0.25) is 4.79 Å². The molecular formula is C8H15NO2. The number of carbonyl (C=O) groups is 1. The molecule has 3 nitrogen and oxygen atoms in total. The number of carboxylic acid groups (broad SMARTS) is 1. The van der Waals surface area contributed by atoms with E-state index in [0.717, 1.165) is 25.8 Å². The van der Waals surface area contributed by atoms with Crippen LogP contribution in [0.25, 0.3) is 0 Å². The minimum atomic E-state index is -0.649. The molecule has 1 rings (SSSR count). The molecule has 0 aromatic rings. The SMILES string of the molecule is CCC1NCCCC1C(=O)O. The van der Waals surface area contributed by atoms with Crippen molar-refractivity contribution in [2.45, 2.75) is 32.2 Å². The number of hydrogen-bond acceptors (Lipinski definition) is 2. The van der Waals surface area contributed by atoms with E-state index in [4.69, 9.17) is 5.11 Å². The van der Waals surface area contributed by atoms with Gasteiger partial charge in [-0.25, -0.2) is 0 Å². The molecule has 1 heterocycles. The maximum absolute atomic E-state index is 10.7. The van der Waals surface area contributed by atoms with Crippen LogP contribution in [0.15, 0.2) is 0 Å². The van der Waals surface area contributed by atoms with Crippen molar-refractivity contribution in [1.29, 1.82) is 0 Å². The molecule has 0 aromatic carbocycles. The summed E-state index contributed by atoms with van der Waals surface area (Å²) in [6.45, 7) is 3.00. The van der Waals surface area contributed by atoms with E-state index in [0.29, 0.717) is 0 Å². The van der Waals surface area contributed by atoms with E-state index in [1.54, 1.807) is 0 Å². The Labute approximate surface area is 66.8 Å². The number of hydrogen-bond donors (Lipinski definition) is 2. The zero-order chi connectivity index (χ0) is 8.27. The summed E-state index contributed by atoms with van der Waals surface area (Å²) in [6, 6.07) is 0.196. The van der Waals surface area contributed by atoms with Gasteiger partial charge in [0.05, 0.1) is 5.92 Å². The average molecular weight is 157 g/mol. The van der Waals surface area contributed by atoms with Crippen LogP contribution >= 0.6 is 0 Å². The number of piperidine rings is 1. The Morgan fingerprint density at radius 3 is 2.91 bits per heavy atom. The van der Waals surface area contributed by atoms with Crippen LogP contribution in [0, 0.1) is 5.92 Å². The summed E-state index contributed by atoms with van der Waals surface area (Å²) < 4.78 is 0. The first-order chi connectivity index (χ1) is 5.25. The lowest BCUT2D eigenvalue weighted by atomic mass is 9.89. The lowest BCUT2D eigenvalue weighted by molar-refractivity contribution is -0.143.